The topological polar surface area (TPSA) is 41.6 Å². The molecule has 2 aromatic rings. The number of halogens is 1. The first-order valence-corrected chi connectivity index (χ1v) is 10.6. The molecule has 1 aliphatic heterocycles. The fourth-order valence-electron chi connectivity index (χ4n) is 4.43. The van der Waals surface area contributed by atoms with Gasteiger partial charge < -0.3 is 10.1 Å². The SMILES string of the molecule is O=C(NCC1(N2CCOCC2)CCCC1)c1ccc(C#Cc2ccccc2F)cc1. The van der Waals surface area contributed by atoms with E-state index in [0.717, 1.165) is 44.7 Å². The minimum absolute atomic E-state index is 0.0601. The van der Waals surface area contributed by atoms with Gasteiger partial charge in [-0.2, -0.15) is 0 Å². The van der Waals surface area contributed by atoms with E-state index in [4.69, 9.17) is 4.74 Å². The molecule has 1 saturated carbocycles. The number of rotatable bonds is 4. The Hall–Kier alpha value is -2.68. The quantitative estimate of drug-likeness (QED) is 0.789. The Morgan fingerprint density at radius 1 is 1.03 bits per heavy atom. The van der Waals surface area contributed by atoms with Gasteiger partial charge in [-0.1, -0.05) is 36.8 Å². The number of morpholine rings is 1. The second-order valence-electron chi connectivity index (χ2n) is 8.02. The van der Waals surface area contributed by atoms with Gasteiger partial charge in [0.1, 0.15) is 5.82 Å². The molecular formula is C25H27FN2O2. The van der Waals surface area contributed by atoms with Gasteiger partial charge >= 0.3 is 0 Å². The second-order valence-corrected chi connectivity index (χ2v) is 8.02. The third-order valence-electron chi connectivity index (χ3n) is 6.16. The maximum atomic E-state index is 13.7. The van der Waals surface area contributed by atoms with Gasteiger partial charge in [0.15, 0.2) is 0 Å². The smallest absolute Gasteiger partial charge is 0.251 e. The summed E-state index contributed by atoms with van der Waals surface area (Å²) >= 11 is 0. The largest absolute Gasteiger partial charge is 0.379 e. The molecule has 156 valence electrons. The highest BCUT2D eigenvalue weighted by molar-refractivity contribution is 5.94. The van der Waals surface area contributed by atoms with Crippen LogP contribution in [0, 0.1) is 17.7 Å². The number of benzene rings is 2. The molecule has 0 bridgehead atoms. The highest BCUT2D eigenvalue weighted by Crippen LogP contribution is 2.35. The number of hydrogen-bond donors (Lipinski definition) is 1. The van der Waals surface area contributed by atoms with Crippen LogP contribution in [0.15, 0.2) is 48.5 Å². The normalized spacial score (nSPS) is 18.4. The Labute approximate surface area is 177 Å². The third-order valence-corrected chi connectivity index (χ3v) is 6.16. The average molecular weight is 407 g/mol. The molecule has 2 aromatic carbocycles. The first kappa shape index (κ1) is 20.6. The first-order chi connectivity index (χ1) is 14.7. The summed E-state index contributed by atoms with van der Waals surface area (Å²) in [5.74, 6) is 5.40. The molecule has 2 fully saturated rings. The number of nitrogens with one attached hydrogen (secondary N) is 1. The molecule has 0 aromatic heterocycles. The van der Waals surface area contributed by atoms with Crippen LogP contribution in [0.2, 0.25) is 0 Å². The van der Waals surface area contributed by atoms with Gasteiger partial charge in [-0.25, -0.2) is 4.39 Å². The number of amides is 1. The van der Waals surface area contributed by atoms with E-state index >= 15 is 0 Å². The van der Waals surface area contributed by atoms with Gasteiger partial charge in [-0.3, -0.25) is 9.69 Å². The Morgan fingerprint density at radius 3 is 2.43 bits per heavy atom. The average Bonchev–Trinajstić information content (AvgIpc) is 3.28. The van der Waals surface area contributed by atoms with Crippen LogP contribution in [0.3, 0.4) is 0 Å². The van der Waals surface area contributed by atoms with Gasteiger partial charge in [0, 0.05) is 36.3 Å². The van der Waals surface area contributed by atoms with Crippen LogP contribution in [-0.4, -0.2) is 49.2 Å². The number of ether oxygens (including phenoxy) is 1. The lowest BCUT2D eigenvalue weighted by Gasteiger charge is -2.43. The molecular weight excluding hydrogens is 379 g/mol. The molecule has 30 heavy (non-hydrogen) atoms. The third kappa shape index (κ3) is 4.72. The summed E-state index contributed by atoms with van der Waals surface area (Å²) in [6, 6.07) is 13.6. The van der Waals surface area contributed by atoms with E-state index in [1.807, 2.05) is 0 Å². The molecule has 1 amide bonds. The van der Waals surface area contributed by atoms with E-state index in [9.17, 15) is 9.18 Å². The zero-order chi connectivity index (χ0) is 20.8. The van der Waals surface area contributed by atoms with Crippen molar-refractivity contribution in [2.24, 2.45) is 0 Å². The molecule has 0 unspecified atom stereocenters. The van der Waals surface area contributed by atoms with E-state index < -0.39 is 0 Å². The summed E-state index contributed by atoms with van der Waals surface area (Å²) in [7, 11) is 0. The predicted octanol–water partition coefficient (Wildman–Crippen LogP) is 3.60. The summed E-state index contributed by atoms with van der Waals surface area (Å²) in [6.07, 6.45) is 4.67. The van der Waals surface area contributed by atoms with Crippen molar-refractivity contribution in [2.75, 3.05) is 32.8 Å². The maximum absolute atomic E-state index is 13.7. The minimum Gasteiger partial charge on any atom is -0.379 e. The van der Waals surface area contributed by atoms with Gasteiger partial charge in [-0.15, -0.1) is 0 Å². The van der Waals surface area contributed by atoms with Gasteiger partial charge in [-0.05, 0) is 49.2 Å². The minimum atomic E-state index is -0.331. The molecule has 2 aliphatic rings. The summed E-state index contributed by atoms with van der Waals surface area (Å²) in [5.41, 5.74) is 1.78. The molecule has 1 saturated heterocycles. The van der Waals surface area contributed by atoms with Crippen LogP contribution in [0.1, 0.15) is 47.2 Å². The Bertz CT molecular complexity index is 934. The number of carbonyl (C=O) groups is 1. The molecule has 1 heterocycles. The van der Waals surface area contributed by atoms with Crippen molar-refractivity contribution in [2.45, 2.75) is 31.2 Å². The Morgan fingerprint density at radius 2 is 1.73 bits per heavy atom. The fraction of sp³-hybridized carbons (Fsp3) is 0.400. The molecule has 4 nitrogen and oxygen atoms in total. The lowest BCUT2D eigenvalue weighted by molar-refractivity contribution is -0.0199. The molecule has 0 atom stereocenters. The maximum Gasteiger partial charge on any atom is 0.251 e. The summed E-state index contributed by atoms with van der Waals surface area (Å²) < 4.78 is 19.2. The van der Waals surface area contributed by atoms with E-state index in [0.29, 0.717) is 17.7 Å². The predicted molar refractivity (Wildman–Crippen MR) is 115 cm³/mol. The second kappa shape index (κ2) is 9.42. The zero-order valence-electron chi connectivity index (χ0n) is 17.1. The van der Waals surface area contributed by atoms with Gasteiger partial charge in [0.2, 0.25) is 0 Å². The summed E-state index contributed by atoms with van der Waals surface area (Å²) in [6.45, 7) is 4.08. The summed E-state index contributed by atoms with van der Waals surface area (Å²) in [4.78, 5) is 15.2. The van der Waals surface area contributed by atoms with Crippen LogP contribution in [0.5, 0.6) is 0 Å². The van der Waals surface area contributed by atoms with Crippen molar-refractivity contribution < 1.29 is 13.9 Å². The van der Waals surface area contributed by atoms with E-state index in [1.165, 1.54) is 18.9 Å². The van der Waals surface area contributed by atoms with Crippen LogP contribution < -0.4 is 5.32 Å². The van der Waals surface area contributed by atoms with Crippen LogP contribution in [0.25, 0.3) is 0 Å². The van der Waals surface area contributed by atoms with Crippen molar-refractivity contribution in [3.8, 4) is 11.8 Å². The highest BCUT2D eigenvalue weighted by Gasteiger charge is 2.40. The van der Waals surface area contributed by atoms with Crippen molar-refractivity contribution in [1.29, 1.82) is 0 Å². The molecule has 1 N–H and O–H groups in total. The lowest BCUT2D eigenvalue weighted by atomic mass is 9.94. The lowest BCUT2D eigenvalue weighted by Crippen LogP contribution is -2.57. The van der Waals surface area contributed by atoms with Gasteiger partial charge in [0.25, 0.3) is 5.91 Å². The fourth-order valence-corrected chi connectivity index (χ4v) is 4.43. The Kier molecular flexibility index (Phi) is 6.47. The molecule has 0 spiro atoms. The molecule has 0 radical (unpaired) electrons. The molecule has 1 aliphatic carbocycles. The van der Waals surface area contributed by atoms with Crippen molar-refractivity contribution in [3.63, 3.8) is 0 Å². The van der Waals surface area contributed by atoms with Crippen LogP contribution >= 0.6 is 0 Å². The van der Waals surface area contributed by atoms with Gasteiger partial charge in [0.05, 0.1) is 18.8 Å². The number of nitrogens with zero attached hydrogens (tertiary/aromatic N) is 1. The van der Waals surface area contributed by atoms with E-state index in [-0.39, 0.29) is 17.3 Å². The zero-order valence-corrected chi connectivity index (χ0v) is 17.1. The number of carbonyl (C=O) groups excluding carboxylic acids is 1. The summed E-state index contributed by atoms with van der Waals surface area (Å²) in [5, 5.41) is 3.16. The van der Waals surface area contributed by atoms with E-state index in [2.05, 4.69) is 22.1 Å². The standard InChI is InChI=1S/C25H27FN2O2/c26-23-6-2-1-5-21(23)10-7-20-8-11-22(12-9-20)24(29)27-19-25(13-3-4-14-25)28-15-17-30-18-16-28/h1-2,5-6,8-9,11-12H,3-4,13-19H2,(H,27,29). The van der Waals surface area contributed by atoms with Crippen LogP contribution in [0.4, 0.5) is 4.39 Å². The Balaban J connectivity index is 1.38. The van der Waals surface area contributed by atoms with Crippen molar-refractivity contribution in [1.82, 2.24) is 10.2 Å². The van der Waals surface area contributed by atoms with Crippen molar-refractivity contribution in [3.05, 3.63) is 71.0 Å². The van der Waals surface area contributed by atoms with E-state index in [1.54, 1.807) is 42.5 Å². The highest BCUT2D eigenvalue weighted by atomic mass is 19.1. The monoisotopic (exact) mass is 406 g/mol. The first-order valence-electron chi connectivity index (χ1n) is 10.6. The molecule has 5 heteroatoms. The number of hydrogen-bond acceptors (Lipinski definition) is 3. The van der Waals surface area contributed by atoms with Crippen LogP contribution in [-0.2, 0) is 4.74 Å². The molecule has 4 rings (SSSR count). The van der Waals surface area contributed by atoms with Crippen molar-refractivity contribution >= 4 is 5.91 Å².